The Bertz CT molecular complexity index is 1960. The summed E-state index contributed by atoms with van der Waals surface area (Å²) < 4.78 is 12.0. The van der Waals surface area contributed by atoms with Crippen molar-refractivity contribution in [3.8, 4) is 0 Å². The number of rotatable bonds is 14. The number of carboxylic acids is 1. The van der Waals surface area contributed by atoms with Crippen LogP contribution in [0.4, 0.5) is 9.59 Å². The Kier molecular flexibility index (Phi) is 12.2. The molecule has 1 aromatic heterocycles. The number of ether oxygens (including phenoxy) is 2. The van der Waals surface area contributed by atoms with Crippen LogP contribution in [0.15, 0.2) is 121 Å². The van der Waals surface area contributed by atoms with Crippen molar-refractivity contribution in [1.29, 1.82) is 0 Å². The van der Waals surface area contributed by atoms with Gasteiger partial charge in [0, 0.05) is 24.4 Å². The highest BCUT2D eigenvalue weighted by Crippen LogP contribution is 2.24. The number of hydrogen-bond acceptors (Lipinski definition) is 7. The molecular formula is C39H38N4O8. The van der Waals surface area contributed by atoms with Gasteiger partial charge in [0.25, 0.3) is 5.91 Å². The first-order valence-electron chi connectivity index (χ1n) is 16.3. The molecule has 12 heteroatoms. The van der Waals surface area contributed by atoms with Gasteiger partial charge in [-0.3, -0.25) is 14.2 Å². The van der Waals surface area contributed by atoms with Crippen molar-refractivity contribution in [2.24, 2.45) is 0 Å². The standard InChI is InChI=1S/C39H38N4O8/c1-26(40-38(48)50-24-28-15-7-3-8-16-28)35(44)41-33(37(46)47)22-30-23-43(34-20-12-11-19-31(30)34)36(45)32(21-27-13-5-2-6-14-27)42-39(49)51-25-29-17-9-4-10-18-29/h2-20,23,26,32-33H,21-22,24-25H2,1H3,(H,40,48)(H,41,44)(H,42,49)(H,46,47)/t26-,32-,33-/m0/s1. The number of alkyl carbamates (subject to hydrolysis) is 2. The topological polar surface area (TPSA) is 165 Å². The lowest BCUT2D eigenvalue weighted by Crippen LogP contribution is -2.51. The molecule has 0 bridgehead atoms. The maximum absolute atomic E-state index is 14.2. The van der Waals surface area contributed by atoms with Crippen LogP contribution in [0.1, 0.15) is 34.0 Å². The van der Waals surface area contributed by atoms with Gasteiger partial charge < -0.3 is 30.5 Å². The first-order chi connectivity index (χ1) is 24.7. The summed E-state index contributed by atoms with van der Waals surface area (Å²) in [6.07, 6.45) is -0.105. The van der Waals surface area contributed by atoms with Gasteiger partial charge >= 0.3 is 18.2 Å². The monoisotopic (exact) mass is 690 g/mol. The van der Waals surface area contributed by atoms with Crippen molar-refractivity contribution in [2.75, 3.05) is 0 Å². The first-order valence-corrected chi connectivity index (χ1v) is 16.3. The van der Waals surface area contributed by atoms with Gasteiger partial charge in [-0.25, -0.2) is 14.4 Å². The van der Waals surface area contributed by atoms with E-state index in [0.29, 0.717) is 16.5 Å². The SMILES string of the molecule is C[C@H](NC(=O)OCc1ccccc1)C(=O)N[C@@H](Cc1cn(C(=O)[C@H](Cc2ccccc2)NC(=O)OCc2ccccc2)c2ccccc12)C(=O)O. The van der Waals surface area contributed by atoms with E-state index in [1.807, 2.05) is 66.7 Å². The molecule has 0 saturated carbocycles. The number of aliphatic carboxylic acids is 1. The van der Waals surface area contributed by atoms with Crippen LogP contribution in [0, 0.1) is 0 Å². The minimum atomic E-state index is -1.40. The molecule has 5 rings (SSSR count). The molecule has 0 unspecified atom stereocenters. The van der Waals surface area contributed by atoms with Crippen molar-refractivity contribution in [1.82, 2.24) is 20.5 Å². The van der Waals surface area contributed by atoms with Gasteiger partial charge in [-0.15, -0.1) is 0 Å². The Labute approximate surface area is 294 Å². The molecule has 0 aliphatic rings. The van der Waals surface area contributed by atoms with Crippen molar-refractivity contribution in [3.63, 3.8) is 0 Å². The number of carboxylic acid groups (broad SMARTS) is 1. The predicted octanol–water partition coefficient (Wildman–Crippen LogP) is 5.25. The van der Waals surface area contributed by atoms with Crippen LogP contribution in [-0.4, -0.2) is 57.8 Å². The summed E-state index contributed by atoms with van der Waals surface area (Å²) in [5.74, 6) is -2.52. The Morgan fingerprint density at radius 2 is 1.14 bits per heavy atom. The zero-order chi connectivity index (χ0) is 36.2. The van der Waals surface area contributed by atoms with E-state index in [-0.39, 0.29) is 26.1 Å². The largest absolute Gasteiger partial charge is 0.480 e. The molecule has 0 spiro atoms. The molecule has 0 aliphatic heterocycles. The first kappa shape index (κ1) is 35.9. The number of carbonyl (C=O) groups excluding carboxylic acids is 4. The highest BCUT2D eigenvalue weighted by atomic mass is 16.6. The maximum atomic E-state index is 14.2. The highest BCUT2D eigenvalue weighted by molar-refractivity contribution is 5.98. The number of nitrogens with one attached hydrogen (secondary N) is 3. The summed E-state index contributed by atoms with van der Waals surface area (Å²) in [6, 6.07) is 30.7. The maximum Gasteiger partial charge on any atom is 0.408 e. The Balaban J connectivity index is 1.30. The van der Waals surface area contributed by atoms with Crippen LogP contribution >= 0.6 is 0 Å². The third-order valence-corrected chi connectivity index (χ3v) is 8.10. The second-order valence-corrected chi connectivity index (χ2v) is 11.9. The minimum absolute atomic E-state index is 0.00184. The van der Waals surface area contributed by atoms with E-state index in [1.54, 1.807) is 48.5 Å². The second kappa shape index (κ2) is 17.3. The molecule has 262 valence electrons. The number of nitrogens with zero attached hydrogens (tertiary/aromatic N) is 1. The van der Waals surface area contributed by atoms with Crippen LogP contribution in [0.25, 0.3) is 10.9 Å². The van der Waals surface area contributed by atoms with E-state index in [9.17, 15) is 29.1 Å². The molecule has 4 aromatic carbocycles. The Hall–Kier alpha value is -6.43. The lowest BCUT2D eigenvalue weighted by atomic mass is 10.0. The molecular weight excluding hydrogens is 652 g/mol. The van der Waals surface area contributed by atoms with Gasteiger partial charge in [0.15, 0.2) is 0 Å². The summed E-state index contributed by atoms with van der Waals surface area (Å²) in [6.45, 7) is 1.42. The number of amides is 3. The molecule has 0 radical (unpaired) electrons. The van der Waals surface area contributed by atoms with E-state index in [4.69, 9.17) is 9.47 Å². The summed E-state index contributed by atoms with van der Waals surface area (Å²) in [7, 11) is 0. The van der Waals surface area contributed by atoms with Crippen LogP contribution in [-0.2, 0) is 45.1 Å². The highest BCUT2D eigenvalue weighted by Gasteiger charge is 2.29. The molecule has 0 saturated heterocycles. The molecule has 3 amide bonds. The fourth-order valence-electron chi connectivity index (χ4n) is 5.44. The minimum Gasteiger partial charge on any atom is -0.480 e. The van der Waals surface area contributed by atoms with Crippen molar-refractivity contribution in [3.05, 3.63) is 144 Å². The summed E-state index contributed by atoms with van der Waals surface area (Å²) in [5, 5.41) is 18.3. The molecule has 1 heterocycles. The Morgan fingerprint density at radius 3 is 1.71 bits per heavy atom. The predicted molar refractivity (Wildman–Crippen MR) is 189 cm³/mol. The number of carbonyl (C=O) groups is 5. The fraction of sp³-hybridized carbons (Fsp3) is 0.205. The molecule has 51 heavy (non-hydrogen) atoms. The third-order valence-electron chi connectivity index (χ3n) is 8.10. The van der Waals surface area contributed by atoms with Gasteiger partial charge in [-0.1, -0.05) is 109 Å². The smallest absolute Gasteiger partial charge is 0.408 e. The van der Waals surface area contributed by atoms with E-state index < -0.39 is 48.1 Å². The van der Waals surface area contributed by atoms with Gasteiger partial charge in [0.05, 0.1) is 5.52 Å². The summed E-state index contributed by atoms with van der Waals surface area (Å²) in [4.78, 5) is 64.7. The van der Waals surface area contributed by atoms with E-state index in [1.165, 1.54) is 17.7 Å². The normalized spacial score (nSPS) is 12.6. The van der Waals surface area contributed by atoms with E-state index in [2.05, 4.69) is 16.0 Å². The van der Waals surface area contributed by atoms with E-state index in [0.717, 1.165) is 16.7 Å². The molecule has 0 fully saturated rings. The quantitative estimate of drug-likeness (QED) is 0.123. The number of benzene rings is 4. The van der Waals surface area contributed by atoms with Crippen LogP contribution in [0.2, 0.25) is 0 Å². The van der Waals surface area contributed by atoms with Gasteiger partial charge in [-0.05, 0) is 35.2 Å². The molecule has 3 atom stereocenters. The third kappa shape index (κ3) is 10.0. The van der Waals surface area contributed by atoms with Gasteiger partial charge in [0.2, 0.25) is 5.91 Å². The zero-order valence-corrected chi connectivity index (χ0v) is 27.9. The van der Waals surface area contributed by atoms with Gasteiger partial charge in [0.1, 0.15) is 31.3 Å². The van der Waals surface area contributed by atoms with Crippen LogP contribution in [0.5, 0.6) is 0 Å². The van der Waals surface area contributed by atoms with Crippen molar-refractivity contribution >= 4 is 40.9 Å². The number of hydrogen-bond donors (Lipinski definition) is 4. The van der Waals surface area contributed by atoms with Crippen molar-refractivity contribution in [2.45, 2.75) is 51.1 Å². The van der Waals surface area contributed by atoms with Crippen LogP contribution in [0.3, 0.4) is 0 Å². The number of para-hydroxylation sites is 1. The van der Waals surface area contributed by atoms with Gasteiger partial charge in [-0.2, -0.15) is 0 Å². The fourth-order valence-corrected chi connectivity index (χ4v) is 5.44. The van der Waals surface area contributed by atoms with Crippen molar-refractivity contribution < 1.29 is 38.6 Å². The summed E-state index contributed by atoms with van der Waals surface area (Å²) >= 11 is 0. The number of aromatic nitrogens is 1. The lowest BCUT2D eigenvalue weighted by Gasteiger charge is -2.19. The lowest BCUT2D eigenvalue weighted by molar-refractivity contribution is -0.142. The van der Waals surface area contributed by atoms with E-state index >= 15 is 0 Å². The summed E-state index contributed by atoms with van der Waals surface area (Å²) in [5.41, 5.74) is 3.31. The Morgan fingerprint density at radius 1 is 0.627 bits per heavy atom. The average Bonchev–Trinajstić information content (AvgIpc) is 3.51. The average molecular weight is 691 g/mol. The van der Waals surface area contributed by atoms with Crippen LogP contribution < -0.4 is 16.0 Å². The molecule has 12 nitrogen and oxygen atoms in total. The number of fused-ring (bicyclic) bond motifs is 1. The zero-order valence-electron chi connectivity index (χ0n) is 27.9. The molecule has 5 aromatic rings. The second-order valence-electron chi connectivity index (χ2n) is 11.9. The molecule has 0 aliphatic carbocycles. The molecule has 4 N–H and O–H groups in total.